The molecule has 0 aromatic heterocycles. The molecule has 6 rings (SSSR count). The Labute approximate surface area is 285 Å². The molecule has 3 saturated heterocycles. The number of hydrogen-bond donors (Lipinski definition) is 5. The number of aliphatic hydroxyl groups is 4. The van der Waals surface area contributed by atoms with E-state index in [1.807, 2.05) is 6.92 Å². The van der Waals surface area contributed by atoms with Crippen molar-refractivity contribution in [3.05, 3.63) is 35.9 Å². The van der Waals surface area contributed by atoms with E-state index in [1.54, 1.807) is 30.3 Å². The summed E-state index contributed by atoms with van der Waals surface area (Å²) in [5.74, 6) is -1.90. The second-order valence-electron chi connectivity index (χ2n) is 14.0. The summed E-state index contributed by atoms with van der Waals surface area (Å²) >= 11 is 0. The summed E-state index contributed by atoms with van der Waals surface area (Å²) in [6.07, 6.45) is -9.68. The first-order chi connectivity index (χ1) is 23.6. The van der Waals surface area contributed by atoms with Gasteiger partial charge in [0.1, 0.15) is 36.6 Å². The molecule has 8 unspecified atom stereocenters. The van der Waals surface area contributed by atoms with Crippen LogP contribution in [0.1, 0.15) is 81.5 Å². The summed E-state index contributed by atoms with van der Waals surface area (Å²) in [7, 11) is 0. The Morgan fingerprint density at radius 3 is 2.20 bits per heavy atom. The number of fused-ring (bicyclic) bond motifs is 5. The highest BCUT2D eigenvalue weighted by atomic mass is 16.8. The van der Waals surface area contributed by atoms with Gasteiger partial charge in [0, 0.05) is 0 Å². The molecule has 0 amide bonds. The maximum absolute atomic E-state index is 13.5. The second kappa shape index (κ2) is 16.4. The number of hydrogen-bond acceptors (Lipinski definition) is 13. The van der Waals surface area contributed by atoms with Gasteiger partial charge in [-0.1, -0.05) is 70.1 Å². The van der Waals surface area contributed by atoms with Crippen molar-refractivity contribution < 1.29 is 68.3 Å². The van der Waals surface area contributed by atoms with Crippen LogP contribution in [0.4, 0.5) is 0 Å². The Balaban J connectivity index is 1.36. The molecule has 5 N–H and O–H groups in total. The fourth-order valence-corrected chi connectivity index (χ4v) is 7.89. The molecule has 5 aliphatic rings. The van der Waals surface area contributed by atoms with Crippen molar-refractivity contribution in [1.29, 1.82) is 0 Å². The molecule has 0 radical (unpaired) electrons. The Kier molecular flexibility index (Phi) is 12.2. The van der Waals surface area contributed by atoms with E-state index in [0.717, 1.165) is 44.9 Å². The summed E-state index contributed by atoms with van der Waals surface area (Å²) in [6.45, 7) is 1.56. The van der Waals surface area contributed by atoms with Gasteiger partial charge in [0.15, 0.2) is 31.1 Å². The number of rotatable bonds is 8. The van der Waals surface area contributed by atoms with Gasteiger partial charge in [0.25, 0.3) is 0 Å². The highest BCUT2D eigenvalue weighted by Crippen LogP contribution is 2.39. The van der Waals surface area contributed by atoms with Crippen molar-refractivity contribution in [3.63, 3.8) is 0 Å². The summed E-state index contributed by atoms with van der Waals surface area (Å²) in [5, 5.41) is 54.3. The molecular formula is C35H50O14. The van der Waals surface area contributed by atoms with Gasteiger partial charge >= 0.3 is 11.9 Å². The lowest BCUT2D eigenvalue weighted by atomic mass is 9.82. The number of aliphatic hydroxyl groups excluding tert-OH is 4. The minimum Gasteiger partial charge on any atom is -0.479 e. The van der Waals surface area contributed by atoms with Gasteiger partial charge in [0.2, 0.25) is 0 Å². The highest BCUT2D eigenvalue weighted by molar-refractivity contribution is 5.89. The number of aliphatic carboxylic acids is 1. The van der Waals surface area contributed by atoms with Crippen molar-refractivity contribution in [2.24, 2.45) is 11.8 Å². The quantitative estimate of drug-likeness (QED) is 0.247. The lowest BCUT2D eigenvalue weighted by Gasteiger charge is -2.49. The van der Waals surface area contributed by atoms with Crippen LogP contribution in [0, 0.1) is 11.8 Å². The van der Waals surface area contributed by atoms with E-state index in [2.05, 4.69) is 0 Å². The first kappa shape index (κ1) is 36.5. The number of carboxylic acids is 1. The number of carbonyl (C=O) groups is 2. The van der Waals surface area contributed by atoms with Crippen LogP contribution in [0.25, 0.3) is 0 Å². The highest BCUT2D eigenvalue weighted by Gasteiger charge is 2.54. The zero-order chi connectivity index (χ0) is 34.7. The molecule has 14 nitrogen and oxygen atoms in total. The van der Waals surface area contributed by atoms with Crippen LogP contribution in [0.15, 0.2) is 30.3 Å². The number of carboxylic acid groups (broad SMARTS) is 1. The SMILES string of the molecule is CCC1CCC[C@H]2O[C@@H]3OC(COC4O[C@@H](OC12)C(O)C(O)[C@@H]4O)[C@H](O)C(O[C@@H](CC1CCCCC1)C(=O)O)C3OC(=O)c1ccccc1. The first-order valence-electron chi connectivity index (χ1n) is 17.7. The van der Waals surface area contributed by atoms with Crippen LogP contribution >= 0.6 is 0 Å². The van der Waals surface area contributed by atoms with Gasteiger partial charge in [-0.2, -0.15) is 0 Å². The monoisotopic (exact) mass is 694 g/mol. The lowest BCUT2D eigenvalue weighted by molar-refractivity contribution is -0.391. The van der Waals surface area contributed by atoms with Gasteiger partial charge in [-0.05, 0) is 43.2 Å². The van der Waals surface area contributed by atoms with E-state index >= 15 is 0 Å². The lowest BCUT2D eigenvalue weighted by Crippen LogP contribution is -2.65. The van der Waals surface area contributed by atoms with Crippen molar-refractivity contribution in [1.82, 2.24) is 0 Å². The molecule has 14 atom stereocenters. The third-order valence-corrected chi connectivity index (χ3v) is 10.7. The maximum Gasteiger partial charge on any atom is 0.338 e. The van der Waals surface area contributed by atoms with Gasteiger partial charge in [0.05, 0.1) is 24.4 Å². The Morgan fingerprint density at radius 1 is 0.776 bits per heavy atom. The van der Waals surface area contributed by atoms with Crippen LogP contribution in [0.5, 0.6) is 0 Å². The molecule has 49 heavy (non-hydrogen) atoms. The third kappa shape index (κ3) is 8.30. The number of esters is 1. The molecule has 5 fully saturated rings. The molecular weight excluding hydrogens is 644 g/mol. The smallest absolute Gasteiger partial charge is 0.338 e. The van der Waals surface area contributed by atoms with Gasteiger partial charge < -0.3 is 58.7 Å². The summed E-state index contributed by atoms with van der Waals surface area (Å²) in [4.78, 5) is 26.1. The molecule has 3 aliphatic heterocycles. The van der Waals surface area contributed by atoms with E-state index in [-0.39, 0.29) is 23.8 Å². The van der Waals surface area contributed by atoms with Crippen molar-refractivity contribution >= 4 is 11.9 Å². The Hall–Kier alpha value is -2.24. The average Bonchev–Trinajstić information content (AvgIpc) is 3.11. The predicted molar refractivity (Wildman–Crippen MR) is 168 cm³/mol. The minimum atomic E-state index is -1.66. The summed E-state index contributed by atoms with van der Waals surface area (Å²) in [6, 6.07) is 8.24. The molecule has 0 spiro atoms. The molecule has 2 saturated carbocycles. The summed E-state index contributed by atoms with van der Waals surface area (Å²) in [5.41, 5.74) is 0.225. The summed E-state index contributed by atoms with van der Waals surface area (Å²) < 4.78 is 43.1. The zero-order valence-corrected chi connectivity index (χ0v) is 27.7. The van der Waals surface area contributed by atoms with Crippen LogP contribution in [0.2, 0.25) is 0 Å². The standard InChI is InChI=1S/C35H50O14/c1-2-19-14-9-15-21-28(19)48-34-27(39)25(37)26(38)33(49-34)43-17-23-24(36)29(44-22(31(40)41)16-18-10-5-3-6-11-18)30(35(45-21)46-23)47-32(42)20-12-7-4-8-13-20/h4,7-8,12-13,18-19,21-30,33-39H,2-3,5-6,9-11,14-17H2,1H3,(H,40,41)/t19?,21-,22+,23?,24+,25?,26+,27?,28?,29?,30?,33?,34-,35-/m1/s1. The largest absolute Gasteiger partial charge is 0.479 e. The van der Waals surface area contributed by atoms with E-state index in [1.165, 1.54) is 0 Å². The molecule has 4 bridgehead atoms. The van der Waals surface area contributed by atoms with E-state index in [4.69, 9.17) is 33.2 Å². The Bertz CT molecular complexity index is 1230. The van der Waals surface area contributed by atoms with E-state index < -0.39 is 98.5 Å². The average molecular weight is 695 g/mol. The number of carbonyl (C=O) groups excluding carboxylic acids is 1. The Morgan fingerprint density at radius 2 is 1.49 bits per heavy atom. The van der Waals surface area contributed by atoms with Gasteiger partial charge in [-0.25, -0.2) is 9.59 Å². The normalized spacial score (nSPS) is 41.0. The topological polar surface area (TPSA) is 200 Å². The maximum atomic E-state index is 13.5. The van der Waals surface area contributed by atoms with E-state index in [9.17, 15) is 35.1 Å². The molecule has 274 valence electrons. The fraction of sp³-hybridized carbons (Fsp3) is 0.771. The second-order valence-corrected chi connectivity index (χ2v) is 14.0. The van der Waals surface area contributed by atoms with Crippen molar-refractivity contribution in [2.75, 3.05) is 6.61 Å². The van der Waals surface area contributed by atoms with Crippen LogP contribution in [-0.2, 0) is 38.0 Å². The first-order valence-corrected chi connectivity index (χ1v) is 17.7. The minimum absolute atomic E-state index is 0.0601. The van der Waals surface area contributed by atoms with Crippen LogP contribution in [0.3, 0.4) is 0 Å². The number of ether oxygens (including phenoxy) is 7. The fourth-order valence-electron chi connectivity index (χ4n) is 7.89. The van der Waals surface area contributed by atoms with Gasteiger partial charge in [-0.3, -0.25) is 0 Å². The van der Waals surface area contributed by atoms with Gasteiger partial charge in [-0.15, -0.1) is 0 Å². The van der Waals surface area contributed by atoms with Crippen LogP contribution < -0.4 is 0 Å². The van der Waals surface area contributed by atoms with E-state index in [0.29, 0.717) is 12.8 Å². The molecule has 2 aliphatic carbocycles. The van der Waals surface area contributed by atoms with Crippen LogP contribution in [-0.4, -0.2) is 124 Å². The molecule has 1 aromatic rings. The number of benzene rings is 1. The molecule has 3 heterocycles. The zero-order valence-electron chi connectivity index (χ0n) is 27.7. The molecule has 1 aromatic carbocycles. The molecule has 14 heteroatoms. The van der Waals surface area contributed by atoms with Crippen molar-refractivity contribution in [3.8, 4) is 0 Å². The third-order valence-electron chi connectivity index (χ3n) is 10.7. The predicted octanol–water partition coefficient (Wildman–Crippen LogP) is 1.88. The van der Waals surface area contributed by atoms with Crippen molar-refractivity contribution in [2.45, 2.75) is 151 Å².